The second-order valence-electron chi connectivity index (χ2n) is 12.5. The highest BCUT2D eigenvalue weighted by atomic mass is 16.6. The van der Waals surface area contributed by atoms with E-state index in [2.05, 4.69) is 11.9 Å². The smallest absolute Gasteiger partial charge is 0.342 e. The molecule has 0 saturated carbocycles. The predicted molar refractivity (Wildman–Crippen MR) is 155 cm³/mol. The zero-order valence-corrected chi connectivity index (χ0v) is 26.0. The lowest BCUT2D eigenvalue weighted by Crippen LogP contribution is -2.59. The molecule has 3 rings (SSSR count). The molecule has 12 heteroatoms. The van der Waals surface area contributed by atoms with Gasteiger partial charge in [-0.3, -0.25) is 4.79 Å². The number of fused-ring (bicyclic) bond motifs is 1. The average Bonchev–Trinajstić information content (AvgIpc) is 2.94. The number of hydrogen-bond donors (Lipinski definition) is 6. The van der Waals surface area contributed by atoms with E-state index < -0.39 is 72.2 Å². The lowest BCUT2D eigenvalue weighted by molar-refractivity contribution is -0.217. The molecule has 0 aliphatic carbocycles. The molecule has 43 heavy (non-hydrogen) atoms. The Hall–Kier alpha value is -2.74. The Bertz CT molecular complexity index is 1180. The molecule has 2 heterocycles. The molecule has 1 unspecified atom stereocenters. The molecule has 2 aliphatic rings. The first-order chi connectivity index (χ1) is 20.0. The minimum Gasteiger partial charge on any atom is -0.508 e. The van der Waals surface area contributed by atoms with E-state index in [1.54, 1.807) is 20.8 Å². The Morgan fingerprint density at radius 3 is 2.42 bits per heavy atom. The molecule has 1 aromatic carbocycles. The van der Waals surface area contributed by atoms with E-state index >= 15 is 0 Å². The molecule has 0 radical (unpaired) electrons. The van der Waals surface area contributed by atoms with E-state index in [0.717, 1.165) is 11.6 Å². The maximum absolute atomic E-state index is 12.9. The van der Waals surface area contributed by atoms with Crippen molar-refractivity contribution >= 4 is 11.9 Å². The van der Waals surface area contributed by atoms with E-state index in [4.69, 9.17) is 18.9 Å². The molecule has 1 fully saturated rings. The number of hydrogen-bond acceptors (Lipinski definition) is 11. The van der Waals surface area contributed by atoms with Gasteiger partial charge in [-0.1, -0.05) is 26.3 Å². The first-order valence-electron chi connectivity index (χ1n) is 14.5. The highest BCUT2D eigenvalue weighted by Gasteiger charge is 2.48. The van der Waals surface area contributed by atoms with Crippen LogP contribution in [0.15, 0.2) is 18.2 Å². The zero-order valence-electron chi connectivity index (χ0n) is 26.0. The van der Waals surface area contributed by atoms with Gasteiger partial charge in [0.1, 0.15) is 29.3 Å². The molecule has 0 spiro atoms. The lowest BCUT2D eigenvalue weighted by atomic mass is 9.73. The van der Waals surface area contributed by atoms with Crippen LogP contribution >= 0.6 is 0 Å². The number of cyclic esters (lactones) is 1. The van der Waals surface area contributed by atoms with Crippen molar-refractivity contribution in [2.45, 2.75) is 109 Å². The van der Waals surface area contributed by atoms with Crippen molar-refractivity contribution in [1.82, 2.24) is 5.32 Å². The van der Waals surface area contributed by atoms with Gasteiger partial charge in [0.2, 0.25) is 0 Å². The van der Waals surface area contributed by atoms with Crippen LogP contribution in [0.4, 0.5) is 0 Å². The van der Waals surface area contributed by atoms with Gasteiger partial charge in [0.25, 0.3) is 5.91 Å². The van der Waals surface area contributed by atoms with Crippen LogP contribution in [0.1, 0.15) is 68.4 Å². The topological polar surface area (TPSA) is 184 Å². The van der Waals surface area contributed by atoms with Gasteiger partial charge in [-0.2, -0.15) is 0 Å². The predicted octanol–water partition coefficient (Wildman–Crippen LogP) is 1.85. The SMILES string of the molecule is C=C(C)CC(OC)[C@H](O)C(=O)N[C@@H](OC)[C@@H]1C[C@H](O)C(C)(C)[C@@H](C[C@H](O)[C@@H](C)[C@@H]2Cc3c(C)c(O)cc(O)c3C(=O)O2)O1. The number of carbonyl (C=O) groups excluding carboxylic acids is 2. The van der Waals surface area contributed by atoms with Crippen molar-refractivity contribution in [3.63, 3.8) is 0 Å². The first kappa shape index (κ1) is 34.7. The summed E-state index contributed by atoms with van der Waals surface area (Å²) < 4.78 is 22.7. The number of aliphatic hydroxyl groups excluding tert-OH is 3. The fourth-order valence-corrected chi connectivity index (χ4v) is 5.80. The number of phenols is 2. The number of phenolic OH excluding ortho intramolecular Hbond substituents is 2. The standard InChI is InChI=1S/C31H47NO11/c1-14(2)9-22(40-7)27(37)28(38)32-29(41-8)23-13-24(36)31(5,6)25(42-23)12-19(34)16(4)21-10-17-15(3)18(33)11-20(35)26(17)30(39)43-21/h11,16,19,21-25,27,29,33-37H,1,9-10,12-13H2,2-8H3,(H,32,38)/t16-,19+,21+,22?,23+,24+,25-,27+,29+/m1/s1. The van der Waals surface area contributed by atoms with E-state index in [0.29, 0.717) is 11.1 Å². The van der Waals surface area contributed by atoms with Crippen LogP contribution in [-0.4, -0.2) is 101 Å². The number of ether oxygens (including phenoxy) is 4. The van der Waals surface area contributed by atoms with Gasteiger partial charge >= 0.3 is 5.97 Å². The number of carbonyl (C=O) groups is 2. The number of aromatic hydroxyl groups is 2. The van der Waals surface area contributed by atoms with Crippen molar-refractivity contribution in [3.05, 3.63) is 34.9 Å². The van der Waals surface area contributed by atoms with Gasteiger partial charge < -0.3 is 49.8 Å². The minimum absolute atomic E-state index is 0.00479. The van der Waals surface area contributed by atoms with Crippen molar-refractivity contribution in [3.8, 4) is 11.5 Å². The number of rotatable bonds is 12. The summed E-state index contributed by atoms with van der Waals surface area (Å²) in [6.07, 6.45) is -6.89. The third-order valence-corrected chi connectivity index (χ3v) is 9.02. The van der Waals surface area contributed by atoms with Gasteiger partial charge in [-0.25, -0.2) is 4.79 Å². The van der Waals surface area contributed by atoms with Crippen molar-refractivity contribution in [2.75, 3.05) is 14.2 Å². The third-order valence-electron chi connectivity index (χ3n) is 9.02. The summed E-state index contributed by atoms with van der Waals surface area (Å²) in [4.78, 5) is 25.6. The fourth-order valence-electron chi connectivity index (χ4n) is 5.80. The van der Waals surface area contributed by atoms with Crippen LogP contribution < -0.4 is 5.32 Å². The monoisotopic (exact) mass is 609 g/mol. The summed E-state index contributed by atoms with van der Waals surface area (Å²) in [5.74, 6) is -2.57. The van der Waals surface area contributed by atoms with Gasteiger partial charge in [0.15, 0.2) is 12.3 Å². The fraction of sp³-hybridized carbons (Fsp3) is 0.677. The van der Waals surface area contributed by atoms with Gasteiger partial charge in [-0.05, 0) is 31.4 Å². The Balaban J connectivity index is 1.73. The largest absolute Gasteiger partial charge is 0.508 e. The third kappa shape index (κ3) is 7.50. The van der Waals surface area contributed by atoms with Crippen LogP contribution in [0.2, 0.25) is 0 Å². The number of benzene rings is 1. The van der Waals surface area contributed by atoms with E-state index in [1.807, 2.05) is 13.8 Å². The number of nitrogens with one attached hydrogen (secondary N) is 1. The summed E-state index contributed by atoms with van der Waals surface area (Å²) in [5.41, 5.74) is 0.851. The average molecular weight is 610 g/mol. The molecular formula is C31H47NO11. The molecule has 0 aromatic heterocycles. The van der Waals surface area contributed by atoms with Gasteiger partial charge in [0.05, 0.1) is 24.4 Å². The summed E-state index contributed by atoms with van der Waals surface area (Å²) >= 11 is 0. The van der Waals surface area contributed by atoms with Crippen LogP contribution in [0.3, 0.4) is 0 Å². The summed E-state index contributed by atoms with van der Waals surface area (Å²) in [6, 6.07) is 1.10. The minimum atomic E-state index is -1.50. The van der Waals surface area contributed by atoms with Crippen molar-refractivity contribution < 1.29 is 54.1 Å². The molecule has 242 valence electrons. The highest BCUT2D eigenvalue weighted by Crippen LogP contribution is 2.42. The summed E-state index contributed by atoms with van der Waals surface area (Å²) in [5, 5.41) is 56.0. The molecule has 1 saturated heterocycles. The van der Waals surface area contributed by atoms with E-state index in [9.17, 15) is 35.1 Å². The van der Waals surface area contributed by atoms with E-state index in [1.165, 1.54) is 14.2 Å². The molecular weight excluding hydrogens is 562 g/mol. The Labute approximate surface area is 252 Å². The van der Waals surface area contributed by atoms with Crippen LogP contribution in [0, 0.1) is 18.3 Å². The van der Waals surface area contributed by atoms with Gasteiger partial charge in [-0.15, -0.1) is 6.58 Å². The van der Waals surface area contributed by atoms with Crippen molar-refractivity contribution in [2.24, 2.45) is 11.3 Å². The quantitative estimate of drug-likeness (QED) is 0.115. The maximum Gasteiger partial charge on any atom is 0.342 e. The molecule has 12 nitrogen and oxygen atoms in total. The first-order valence-corrected chi connectivity index (χ1v) is 14.5. The second kappa shape index (κ2) is 13.9. The molecule has 1 aromatic rings. The molecule has 1 amide bonds. The Morgan fingerprint density at radius 1 is 1.19 bits per heavy atom. The molecule has 6 N–H and O–H groups in total. The number of esters is 1. The number of methoxy groups -OCH3 is 2. The highest BCUT2D eigenvalue weighted by molar-refractivity contribution is 5.96. The van der Waals surface area contributed by atoms with Crippen LogP contribution in [-0.2, 0) is 30.2 Å². The Morgan fingerprint density at radius 2 is 1.84 bits per heavy atom. The molecule has 2 aliphatic heterocycles. The molecule has 0 bridgehead atoms. The zero-order chi connectivity index (χ0) is 32.4. The maximum atomic E-state index is 12.9. The van der Waals surface area contributed by atoms with Crippen LogP contribution in [0.25, 0.3) is 0 Å². The summed E-state index contributed by atoms with van der Waals surface area (Å²) in [6.45, 7) is 12.6. The Kier molecular flexibility index (Phi) is 11.2. The number of aliphatic hydroxyl groups is 3. The normalized spacial score (nSPS) is 26.8. The van der Waals surface area contributed by atoms with Crippen molar-refractivity contribution in [1.29, 1.82) is 0 Å². The summed E-state index contributed by atoms with van der Waals surface area (Å²) in [7, 11) is 2.76. The van der Waals surface area contributed by atoms with Crippen LogP contribution in [0.5, 0.6) is 11.5 Å². The second-order valence-corrected chi connectivity index (χ2v) is 12.5. The molecule has 9 atom stereocenters. The van der Waals surface area contributed by atoms with Gasteiger partial charge in [0, 0.05) is 50.9 Å². The number of amides is 1. The van der Waals surface area contributed by atoms with E-state index in [-0.39, 0.29) is 42.7 Å². The lowest BCUT2D eigenvalue weighted by Gasteiger charge is -2.48.